The fourth-order valence-corrected chi connectivity index (χ4v) is 2.91. The highest BCUT2D eigenvalue weighted by molar-refractivity contribution is 7.14. The Morgan fingerprint density at radius 2 is 2.29 bits per heavy atom. The molecule has 1 aromatic rings. The maximum atomic E-state index is 11.3. The van der Waals surface area contributed by atoms with Crippen LogP contribution in [0.1, 0.15) is 33.5 Å². The van der Waals surface area contributed by atoms with E-state index in [0.29, 0.717) is 5.92 Å². The summed E-state index contributed by atoms with van der Waals surface area (Å²) in [6, 6.07) is 1.97. The van der Waals surface area contributed by atoms with Crippen LogP contribution in [-0.2, 0) is 6.42 Å². The van der Waals surface area contributed by atoms with E-state index in [1.807, 2.05) is 20.0 Å². The summed E-state index contributed by atoms with van der Waals surface area (Å²) in [5, 5.41) is 12.3. The predicted octanol–water partition coefficient (Wildman–Crippen LogP) is 2.02. The number of nitrogens with one attached hydrogen (secondary N) is 1. The molecule has 0 saturated heterocycles. The van der Waals surface area contributed by atoms with Gasteiger partial charge in [-0.15, -0.1) is 11.3 Å². The van der Waals surface area contributed by atoms with Crippen molar-refractivity contribution < 1.29 is 9.90 Å². The molecule has 0 aliphatic rings. The zero-order valence-corrected chi connectivity index (χ0v) is 11.6. The molecule has 0 fully saturated rings. The maximum Gasteiger partial charge on any atom is 0.169 e. The first kappa shape index (κ1) is 14.4. The van der Waals surface area contributed by atoms with Gasteiger partial charge in [0.25, 0.3) is 0 Å². The lowest BCUT2D eigenvalue weighted by atomic mass is 10.0. The minimum absolute atomic E-state index is 0.137. The number of carbonyl (C=O) groups excluding carboxylic acids is 1. The molecule has 0 radical (unpaired) electrons. The summed E-state index contributed by atoms with van der Waals surface area (Å²) < 4.78 is 0. The normalized spacial score (nSPS) is 12.7. The molecule has 2 N–H and O–H groups in total. The highest BCUT2D eigenvalue weighted by Crippen LogP contribution is 2.24. The highest BCUT2D eigenvalue weighted by atomic mass is 32.1. The van der Waals surface area contributed by atoms with Gasteiger partial charge in [0.05, 0.1) is 4.88 Å². The number of Topliss-reactive ketones (excluding diaryl/α,β-unsaturated/α-hetero) is 1. The lowest BCUT2D eigenvalue weighted by Crippen LogP contribution is -2.22. The van der Waals surface area contributed by atoms with Crippen molar-refractivity contribution in [2.24, 2.45) is 5.92 Å². The summed E-state index contributed by atoms with van der Waals surface area (Å²) >= 11 is 1.59. The van der Waals surface area contributed by atoms with E-state index in [0.717, 1.165) is 24.3 Å². The number of rotatable bonds is 7. The molecular weight excluding hydrogens is 234 g/mol. The summed E-state index contributed by atoms with van der Waals surface area (Å²) in [7, 11) is 1.90. The molecule has 0 amide bonds. The zero-order chi connectivity index (χ0) is 12.8. The minimum Gasteiger partial charge on any atom is -0.396 e. The largest absolute Gasteiger partial charge is 0.396 e. The van der Waals surface area contributed by atoms with Gasteiger partial charge in [0.1, 0.15) is 0 Å². The molecule has 0 aliphatic heterocycles. The molecular formula is C13H21NO2S. The molecule has 4 heteroatoms. The Bertz CT molecular complexity index is 373. The Kier molecular flexibility index (Phi) is 5.82. The summed E-state index contributed by atoms with van der Waals surface area (Å²) in [5.41, 5.74) is 1.20. The number of aryl methyl sites for hydroxylation is 2. The number of ketones is 1. The van der Waals surface area contributed by atoms with Crippen LogP contribution in [-0.4, -0.2) is 31.1 Å². The number of hydrogen-bond donors (Lipinski definition) is 2. The van der Waals surface area contributed by atoms with Crippen molar-refractivity contribution in [3.05, 3.63) is 21.4 Å². The standard InChI is InChI=1S/C13H21NO2S/c1-9-6-13(10(2)16)17-12(9)5-4-11(8-15)7-14-3/h6,11,14-15H,4-5,7-8H2,1-3H3. The Labute approximate surface area is 107 Å². The van der Waals surface area contributed by atoms with Gasteiger partial charge in [-0.3, -0.25) is 4.79 Å². The Hall–Kier alpha value is -0.710. The van der Waals surface area contributed by atoms with Crippen LogP contribution in [0, 0.1) is 12.8 Å². The van der Waals surface area contributed by atoms with Gasteiger partial charge in [0.15, 0.2) is 5.78 Å². The van der Waals surface area contributed by atoms with Crippen molar-refractivity contribution in [2.75, 3.05) is 20.2 Å². The molecule has 1 atom stereocenters. The molecule has 0 saturated carbocycles. The van der Waals surface area contributed by atoms with E-state index in [1.54, 1.807) is 18.3 Å². The second kappa shape index (κ2) is 6.89. The van der Waals surface area contributed by atoms with E-state index in [4.69, 9.17) is 0 Å². The summed E-state index contributed by atoms with van der Waals surface area (Å²) in [5.74, 6) is 0.431. The number of thiophene rings is 1. The van der Waals surface area contributed by atoms with Crippen molar-refractivity contribution in [1.82, 2.24) is 5.32 Å². The highest BCUT2D eigenvalue weighted by Gasteiger charge is 2.11. The summed E-state index contributed by atoms with van der Waals surface area (Å²) in [4.78, 5) is 13.4. The SMILES string of the molecule is CNCC(CO)CCc1sc(C(C)=O)cc1C. The van der Waals surface area contributed by atoms with E-state index in [1.165, 1.54) is 10.4 Å². The van der Waals surface area contributed by atoms with E-state index < -0.39 is 0 Å². The van der Waals surface area contributed by atoms with E-state index in [2.05, 4.69) is 5.32 Å². The van der Waals surface area contributed by atoms with Crippen LogP contribution < -0.4 is 5.32 Å². The third-order valence-corrected chi connectivity index (χ3v) is 4.30. The monoisotopic (exact) mass is 255 g/mol. The second-order valence-electron chi connectivity index (χ2n) is 4.42. The Balaban J connectivity index is 2.59. The molecule has 0 aliphatic carbocycles. The van der Waals surface area contributed by atoms with Crippen LogP contribution in [0.25, 0.3) is 0 Å². The number of aliphatic hydroxyl groups is 1. The van der Waals surface area contributed by atoms with Crippen molar-refractivity contribution in [3.63, 3.8) is 0 Å². The fraction of sp³-hybridized carbons (Fsp3) is 0.615. The Morgan fingerprint density at radius 1 is 1.59 bits per heavy atom. The van der Waals surface area contributed by atoms with Crippen molar-refractivity contribution >= 4 is 17.1 Å². The average molecular weight is 255 g/mol. The van der Waals surface area contributed by atoms with E-state index in [9.17, 15) is 9.90 Å². The fourth-order valence-electron chi connectivity index (χ4n) is 1.82. The van der Waals surface area contributed by atoms with Crippen LogP contribution in [0.2, 0.25) is 0 Å². The van der Waals surface area contributed by atoms with Crippen LogP contribution in [0.4, 0.5) is 0 Å². The molecule has 0 bridgehead atoms. The number of hydrogen-bond acceptors (Lipinski definition) is 4. The van der Waals surface area contributed by atoms with Gasteiger partial charge in [-0.05, 0) is 57.8 Å². The molecule has 3 nitrogen and oxygen atoms in total. The molecule has 1 aromatic heterocycles. The number of carbonyl (C=O) groups is 1. The van der Waals surface area contributed by atoms with Crippen LogP contribution in [0.15, 0.2) is 6.07 Å². The third-order valence-electron chi connectivity index (χ3n) is 2.90. The molecule has 1 rings (SSSR count). The van der Waals surface area contributed by atoms with Gasteiger partial charge in [-0.1, -0.05) is 0 Å². The summed E-state index contributed by atoms with van der Waals surface area (Å²) in [6.45, 7) is 4.70. The lowest BCUT2D eigenvalue weighted by Gasteiger charge is -2.12. The van der Waals surface area contributed by atoms with Gasteiger partial charge in [0, 0.05) is 11.5 Å². The smallest absolute Gasteiger partial charge is 0.169 e. The molecule has 0 spiro atoms. The number of aliphatic hydroxyl groups excluding tert-OH is 1. The van der Waals surface area contributed by atoms with Crippen molar-refractivity contribution in [2.45, 2.75) is 26.7 Å². The molecule has 17 heavy (non-hydrogen) atoms. The lowest BCUT2D eigenvalue weighted by molar-refractivity contribution is 0.102. The van der Waals surface area contributed by atoms with Gasteiger partial charge in [-0.2, -0.15) is 0 Å². The topological polar surface area (TPSA) is 49.3 Å². The first-order chi connectivity index (χ1) is 8.08. The van der Waals surface area contributed by atoms with E-state index in [-0.39, 0.29) is 12.4 Å². The van der Waals surface area contributed by atoms with Crippen LogP contribution in [0.3, 0.4) is 0 Å². The Morgan fingerprint density at radius 3 is 2.76 bits per heavy atom. The molecule has 1 heterocycles. The maximum absolute atomic E-state index is 11.3. The molecule has 1 unspecified atom stereocenters. The van der Waals surface area contributed by atoms with E-state index >= 15 is 0 Å². The average Bonchev–Trinajstić information content (AvgIpc) is 2.66. The summed E-state index contributed by atoms with van der Waals surface area (Å²) in [6.07, 6.45) is 1.90. The van der Waals surface area contributed by atoms with Crippen molar-refractivity contribution in [1.29, 1.82) is 0 Å². The van der Waals surface area contributed by atoms with Crippen LogP contribution in [0.5, 0.6) is 0 Å². The first-order valence-electron chi connectivity index (χ1n) is 5.94. The zero-order valence-electron chi connectivity index (χ0n) is 10.7. The van der Waals surface area contributed by atoms with Gasteiger partial charge < -0.3 is 10.4 Å². The minimum atomic E-state index is 0.137. The van der Waals surface area contributed by atoms with Crippen molar-refractivity contribution in [3.8, 4) is 0 Å². The van der Waals surface area contributed by atoms with Gasteiger partial charge in [0.2, 0.25) is 0 Å². The predicted molar refractivity (Wildman–Crippen MR) is 71.9 cm³/mol. The van der Waals surface area contributed by atoms with Gasteiger partial charge in [-0.25, -0.2) is 0 Å². The quantitative estimate of drug-likeness (QED) is 0.733. The third kappa shape index (κ3) is 4.22. The second-order valence-corrected chi connectivity index (χ2v) is 5.55. The van der Waals surface area contributed by atoms with Gasteiger partial charge >= 0.3 is 0 Å². The first-order valence-corrected chi connectivity index (χ1v) is 6.75. The molecule has 96 valence electrons. The van der Waals surface area contributed by atoms with Crippen LogP contribution >= 0.6 is 11.3 Å². The molecule has 0 aromatic carbocycles.